The minimum Gasteiger partial charge on any atom is -0.468 e. The van der Waals surface area contributed by atoms with Crippen molar-refractivity contribution in [2.75, 3.05) is 20.3 Å². The van der Waals surface area contributed by atoms with E-state index in [0.29, 0.717) is 12.3 Å². The summed E-state index contributed by atoms with van der Waals surface area (Å²) in [5.74, 6) is -0.494. The fourth-order valence-electron chi connectivity index (χ4n) is 1.64. The summed E-state index contributed by atoms with van der Waals surface area (Å²) in [4.78, 5) is 22.7. The van der Waals surface area contributed by atoms with E-state index in [1.165, 1.54) is 7.11 Å². The molecule has 0 bridgehead atoms. The smallest absolute Gasteiger partial charge is 0.322 e. The third-order valence-corrected chi connectivity index (χ3v) is 2.50. The maximum atomic E-state index is 11.5. The molecule has 6 heteroatoms. The highest BCUT2D eigenvalue weighted by atomic mass is 16.5. The Hall–Kier alpha value is -1.14. The lowest BCUT2D eigenvalue weighted by molar-refractivity contribution is -0.145. The standard InChI is InChI=1S/C13H25NO5/c1-5-19-12(16)7-10(15)8-14-11(6-9(2)3)13(17)18-4/h9-11,14-15H,5-8H2,1-4H3. The van der Waals surface area contributed by atoms with Gasteiger partial charge in [-0.3, -0.25) is 9.59 Å². The average molecular weight is 275 g/mol. The summed E-state index contributed by atoms with van der Waals surface area (Å²) in [6.45, 7) is 6.13. The van der Waals surface area contributed by atoms with Crippen LogP contribution in [0.1, 0.15) is 33.6 Å². The van der Waals surface area contributed by atoms with Crippen LogP contribution in [0, 0.1) is 5.92 Å². The molecule has 0 aromatic carbocycles. The summed E-state index contributed by atoms with van der Waals surface area (Å²) < 4.78 is 9.42. The molecule has 0 aromatic heterocycles. The molecule has 0 saturated carbocycles. The molecule has 0 fully saturated rings. The Bertz CT molecular complexity index is 280. The maximum Gasteiger partial charge on any atom is 0.322 e. The number of hydrogen-bond donors (Lipinski definition) is 2. The van der Waals surface area contributed by atoms with E-state index in [4.69, 9.17) is 9.47 Å². The molecule has 2 N–H and O–H groups in total. The Morgan fingerprint density at radius 1 is 1.32 bits per heavy atom. The third kappa shape index (κ3) is 8.56. The number of nitrogens with one attached hydrogen (secondary N) is 1. The van der Waals surface area contributed by atoms with Crippen molar-refractivity contribution in [3.63, 3.8) is 0 Å². The van der Waals surface area contributed by atoms with E-state index in [1.807, 2.05) is 13.8 Å². The summed E-state index contributed by atoms with van der Waals surface area (Å²) in [7, 11) is 1.33. The summed E-state index contributed by atoms with van der Waals surface area (Å²) in [5.41, 5.74) is 0. The monoisotopic (exact) mass is 275 g/mol. The van der Waals surface area contributed by atoms with Crippen LogP contribution < -0.4 is 5.32 Å². The lowest BCUT2D eigenvalue weighted by Crippen LogP contribution is -2.43. The van der Waals surface area contributed by atoms with Crippen LogP contribution in [-0.4, -0.2) is 49.5 Å². The first-order valence-electron chi connectivity index (χ1n) is 6.55. The maximum absolute atomic E-state index is 11.5. The van der Waals surface area contributed by atoms with Gasteiger partial charge in [-0.1, -0.05) is 13.8 Å². The largest absolute Gasteiger partial charge is 0.468 e. The first-order valence-corrected chi connectivity index (χ1v) is 6.55. The summed E-state index contributed by atoms with van der Waals surface area (Å²) >= 11 is 0. The molecule has 0 spiro atoms. The Balaban J connectivity index is 4.15. The number of esters is 2. The van der Waals surface area contributed by atoms with Crippen LogP contribution >= 0.6 is 0 Å². The Morgan fingerprint density at radius 2 is 1.95 bits per heavy atom. The van der Waals surface area contributed by atoms with Crippen LogP contribution in [0.25, 0.3) is 0 Å². The quantitative estimate of drug-likeness (QED) is 0.595. The topological polar surface area (TPSA) is 84.9 Å². The fraction of sp³-hybridized carbons (Fsp3) is 0.846. The number of methoxy groups -OCH3 is 1. The van der Waals surface area contributed by atoms with E-state index in [1.54, 1.807) is 6.92 Å². The van der Waals surface area contributed by atoms with Crippen molar-refractivity contribution in [1.29, 1.82) is 0 Å². The molecule has 0 rings (SSSR count). The number of rotatable bonds is 9. The molecule has 2 unspecified atom stereocenters. The molecule has 112 valence electrons. The highest BCUT2D eigenvalue weighted by molar-refractivity contribution is 5.75. The molecule has 0 aromatic rings. The van der Waals surface area contributed by atoms with Gasteiger partial charge in [0.15, 0.2) is 0 Å². The van der Waals surface area contributed by atoms with E-state index >= 15 is 0 Å². The highest BCUT2D eigenvalue weighted by Crippen LogP contribution is 2.06. The van der Waals surface area contributed by atoms with E-state index < -0.39 is 18.1 Å². The summed E-state index contributed by atoms with van der Waals surface area (Å²) in [6.07, 6.45) is -0.353. The Morgan fingerprint density at radius 3 is 2.42 bits per heavy atom. The van der Waals surface area contributed by atoms with Gasteiger partial charge in [0.25, 0.3) is 0 Å². The molecular weight excluding hydrogens is 250 g/mol. The average Bonchev–Trinajstić information content (AvgIpc) is 2.33. The second kappa shape index (κ2) is 9.75. The second-order valence-corrected chi connectivity index (χ2v) is 4.78. The van der Waals surface area contributed by atoms with E-state index in [9.17, 15) is 14.7 Å². The van der Waals surface area contributed by atoms with Crippen molar-refractivity contribution < 1.29 is 24.2 Å². The van der Waals surface area contributed by atoms with Gasteiger partial charge in [0.1, 0.15) is 6.04 Å². The number of hydrogen-bond acceptors (Lipinski definition) is 6. The van der Waals surface area contributed by atoms with Crippen LogP contribution in [-0.2, 0) is 19.1 Å². The van der Waals surface area contributed by atoms with Gasteiger partial charge in [-0.25, -0.2) is 0 Å². The van der Waals surface area contributed by atoms with Crippen molar-refractivity contribution >= 4 is 11.9 Å². The minimum atomic E-state index is -0.877. The number of carbonyl (C=O) groups is 2. The normalized spacial score (nSPS) is 14.0. The molecule has 0 aliphatic rings. The molecular formula is C13H25NO5. The predicted octanol–water partition coefficient (Wildman–Crippen LogP) is 0.478. The van der Waals surface area contributed by atoms with Crippen LogP contribution in [0.15, 0.2) is 0 Å². The van der Waals surface area contributed by atoms with E-state index in [2.05, 4.69) is 5.32 Å². The van der Waals surface area contributed by atoms with Gasteiger partial charge in [0.2, 0.25) is 0 Å². The van der Waals surface area contributed by atoms with Crippen molar-refractivity contribution in [2.24, 2.45) is 5.92 Å². The van der Waals surface area contributed by atoms with Gasteiger partial charge in [-0.15, -0.1) is 0 Å². The molecule has 19 heavy (non-hydrogen) atoms. The molecule has 0 heterocycles. The lowest BCUT2D eigenvalue weighted by Gasteiger charge is -2.20. The van der Waals surface area contributed by atoms with Gasteiger partial charge in [0, 0.05) is 6.54 Å². The summed E-state index contributed by atoms with van der Waals surface area (Å²) in [6, 6.07) is -0.471. The predicted molar refractivity (Wildman–Crippen MR) is 70.5 cm³/mol. The summed E-state index contributed by atoms with van der Waals surface area (Å²) in [5, 5.41) is 12.6. The molecule has 6 nitrogen and oxygen atoms in total. The third-order valence-electron chi connectivity index (χ3n) is 2.50. The van der Waals surface area contributed by atoms with Crippen LogP contribution in [0.3, 0.4) is 0 Å². The molecule has 0 amide bonds. The fourth-order valence-corrected chi connectivity index (χ4v) is 1.64. The zero-order valence-corrected chi connectivity index (χ0v) is 12.1. The number of carbonyl (C=O) groups excluding carboxylic acids is 2. The molecule has 2 atom stereocenters. The van der Waals surface area contributed by atoms with Crippen LogP contribution in [0.2, 0.25) is 0 Å². The number of ether oxygens (including phenoxy) is 2. The van der Waals surface area contributed by atoms with Crippen LogP contribution in [0.5, 0.6) is 0 Å². The SMILES string of the molecule is CCOC(=O)CC(O)CNC(CC(C)C)C(=O)OC. The Labute approximate surface area is 114 Å². The zero-order valence-electron chi connectivity index (χ0n) is 12.1. The first-order chi connectivity index (χ1) is 8.90. The van der Waals surface area contributed by atoms with Gasteiger partial charge in [-0.2, -0.15) is 0 Å². The van der Waals surface area contributed by atoms with Crippen molar-refractivity contribution in [2.45, 2.75) is 45.8 Å². The first kappa shape index (κ1) is 17.9. The molecule has 0 aliphatic heterocycles. The minimum absolute atomic E-state index is 0.0869. The lowest BCUT2D eigenvalue weighted by atomic mass is 10.0. The van der Waals surface area contributed by atoms with Crippen LogP contribution in [0.4, 0.5) is 0 Å². The van der Waals surface area contributed by atoms with Gasteiger partial charge in [0.05, 0.1) is 26.2 Å². The highest BCUT2D eigenvalue weighted by Gasteiger charge is 2.21. The molecule has 0 aliphatic carbocycles. The van der Waals surface area contributed by atoms with Crippen molar-refractivity contribution in [3.05, 3.63) is 0 Å². The van der Waals surface area contributed by atoms with E-state index in [-0.39, 0.29) is 25.5 Å². The van der Waals surface area contributed by atoms with Gasteiger partial charge in [-0.05, 0) is 19.3 Å². The Kier molecular flexibility index (Phi) is 9.16. The molecule has 0 saturated heterocycles. The van der Waals surface area contributed by atoms with Gasteiger partial charge >= 0.3 is 11.9 Å². The van der Waals surface area contributed by atoms with Crippen molar-refractivity contribution in [3.8, 4) is 0 Å². The number of aliphatic hydroxyl groups is 1. The molecule has 0 radical (unpaired) electrons. The zero-order chi connectivity index (χ0) is 14.8. The van der Waals surface area contributed by atoms with Gasteiger partial charge < -0.3 is 19.9 Å². The van der Waals surface area contributed by atoms with E-state index in [0.717, 1.165) is 0 Å². The second-order valence-electron chi connectivity index (χ2n) is 4.78. The van der Waals surface area contributed by atoms with Crippen molar-refractivity contribution in [1.82, 2.24) is 5.32 Å². The number of aliphatic hydroxyl groups excluding tert-OH is 1.